The smallest absolute Gasteiger partial charge is 0.267 e. The highest BCUT2D eigenvalue weighted by Crippen LogP contribution is 2.38. The van der Waals surface area contributed by atoms with Crippen LogP contribution in [0.3, 0.4) is 0 Å². The average molecular weight is 304 g/mol. The van der Waals surface area contributed by atoms with Crippen molar-refractivity contribution in [2.45, 2.75) is 38.9 Å². The van der Waals surface area contributed by atoms with E-state index < -0.39 is 12.2 Å². The molecule has 0 saturated carbocycles. The predicted molar refractivity (Wildman–Crippen MR) is 85.1 cm³/mol. The van der Waals surface area contributed by atoms with Crippen LogP contribution in [-0.2, 0) is 4.79 Å². The van der Waals surface area contributed by atoms with Gasteiger partial charge < -0.3 is 20.1 Å². The Hall–Kier alpha value is -1.59. The molecule has 0 radical (unpaired) electrons. The number of nitrogens with zero attached hydrogens (tertiary/aromatic N) is 1. The van der Waals surface area contributed by atoms with Crippen LogP contribution in [0.4, 0.5) is 5.69 Å². The van der Waals surface area contributed by atoms with Crippen LogP contribution in [-0.4, -0.2) is 36.8 Å². The molecule has 2 N–H and O–H groups in total. The summed E-state index contributed by atoms with van der Waals surface area (Å²) in [5.74, 6) is 0.965. The Labute approximate surface area is 131 Å². The summed E-state index contributed by atoms with van der Waals surface area (Å²) in [6, 6.07) is 5.71. The fourth-order valence-corrected chi connectivity index (χ4v) is 3.37. The lowest BCUT2D eigenvalue weighted by atomic mass is 9.88. The number of nitrogens with one attached hydrogen (secondary N) is 1. The van der Waals surface area contributed by atoms with E-state index in [4.69, 9.17) is 4.74 Å². The van der Waals surface area contributed by atoms with E-state index in [1.165, 1.54) is 0 Å². The molecule has 120 valence electrons. The molecule has 5 nitrogen and oxygen atoms in total. The van der Waals surface area contributed by atoms with Crippen LogP contribution in [0.15, 0.2) is 18.2 Å². The van der Waals surface area contributed by atoms with E-state index in [9.17, 15) is 9.90 Å². The van der Waals surface area contributed by atoms with Gasteiger partial charge in [0.25, 0.3) is 5.91 Å². The maximum Gasteiger partial charge on any atom is 0.267 e. The third-order valence-corrected chi connectivity index (χ3v) is 4.68. The van der Waals surface area contributed by atoms with E-state index in [1.807, 2.05) is 25.1 Å². The molecule has 0 aromatic heterocycles. The second-order valence-electron chi connectivity index (χ2n) is 6.10. The number of hydrogen-bond donors (Lipinski definition) is 2. The van der Waals surface area contributed by atoms with Gasteiger partial charge >= 0.3 is 0 Å². The Morgan fingerprint density at radius 2 is 2.14 bits per heavy atom. The molecule has 0 aliphatic carbocycles. The second kappa shape index (κ2) is 6.26. The highest BCUT2D eigenvalue weighted by molar-refractivity contribution is 5.99. The number of anilines is 1. The fourth-order valence-electron chi connectivity index (χ4n) is 3.37. The first-order valence-electron chi connectivity index (χ1n) is 8.12. The number of ether oxygens (including phenoxy) is 1. The van der Waals surface area contributed by atoms with Gasteiger partial charge in [-0.05, 0) is 63.4 Å². The SMILES string of the molecule is CCN1C(=O)C(C)Oc2ccc(C(O)C3CCNCC3)cc21. The monoisotopic (exact) mass is 304 g/mol. The topological polar surface area (TPSA) is 61.8 Å². The van der Waals surface area contributed by atoms with Crippen molar-refractivity contribution < 1.29 is 14.6 Å². The summed E-state index contributed by atoms with van der Waals surface area (Å²) < 4.78 is 5.67. The van der Waals surface area contributed by atoms with E-state index in [0.717, 1.165) is 42.9 Å². The summed E-state index contributed by atoms with van der Waals surface area (Å²) in [4.78, 5) is 14.0. The minimum absolute atomic E-state index is 0.0245. The van der Waals surface area contributed by atoms with E-state index in [-0.39, 0.29) is 11.8 Å². The van der Waals surface area contributed by atoms with Gasteiger partial charge in [0.1, 0.15) is 5.75 Å². The number of fused-ring (bicyclic) bond motifs is 1. The van der Waals surface area contributed by atoms with Crippen molar-refractivity contribution >= 4 is 11.6 Å². The number of piperidine rings is 1. The summed E-state index contributed by atoms with van der Waals surface area (Å²) >= 11 is 0. The number of likely N-dealkylation sites (N-methyl/N-ethyl adjacent to an activating group) is 1. The van der Waals surface area contributed by atoms with Gasteiger partial charge in [0.05, 0.1) is 11.8 Å². The van der Waals surface area contributed by atoms with Crippen molar-refractivity contribution in [2.75, 3.05) is 24.5 Å². The molecule has 5 heteroatoms. The van der Waals surface area contributed by atoms with E-state index in [1.54, 1.807) is 11.8 Å². The highest BCUT2D eigenvalue weighted by atomic mass is 16.5. The molecule has 2 aliphatic rings. The summed E-state index contributed by atoms with van der Waals surface area (Å²) in [5, 5.41) is 14.0. The Kier molecular flexibility index (Phi) is 4.36. The van der Waals surface area contributed by atoms with Crippen LogP contribution >= 0.6 is 0 Å². The second-order valence-corrected chi connectivity index (χ2v) is 6.10. The van der Waals surface area contributed by atoms with Crippen LogP contribution in [0.5, 0.6) is 5.75 Å². The summed E-state index contributed by atoms with van der Waals surface area (Å²) in [7, 11) is 0. The Balaban J connectivity index is 1.89. The molecule has 1 aromatic carbocycles. The standard InChI is InChI=1S/C17H24N2O3/c1-3-19-14-10-13(16(20)12-6-8-18-9-7-12)4-5-15(14)22-11(2)17(19)21/h4-5,10-12,16,18,20H,3,6-9H2,1-2H3. The minimum Gasteiger partial charge on any atom is -0.479 e. The summed E-state index contributed by atoms with van der Waals surface area (Å²) in [6.45, 7) is 6.23. The van der Waals surface area contributed by atoms with Gasteiger partial charge in [0.2, 0.25) is 0 Å². The Bertz CT molecular complexity index is 555. The molecule has 1 saturated heterocycles. The van der Waals surface area contributed by atoms with Crippen molar-refractivity contribution in [1.82, 2.24) is 5.32 Å². The first-order valence-corrected chi connectivity index (χ1v) is 8.12. The summed E-state index contributed by atoms with van der Waals surface area (Å²) in [6.07, 6.45) is 1.01. The van der Waals surface area contributed by atoms with Gasteiger partial charge in [-0.3, -0.25) is 4.79 Å². The zero-order valence-electron chi connectivity index (χ0n) is 13.2. The lowest BCUT2D eigenvalue weighted by Crippen LogP contribution is -2.44. The Morgan fingerprint density at radius 1 is 1.41 bits per heavy atom. The maximum atomic E-state index is 12.2. The van der Waals surface area contributed by atoms with Gasteiger partial charge in [-0.25, -0.2) is 0 Å². The number of aliphatic hydroxyl groups excluding tert-OH is 1. The van der Waals surface area contributed by atoms with Crippen LogP contribution in [0.1, 0.15) is 38.4 Å². The number of amides is 1. The molecule has 0 bridgehead atoms. The van der Waals surface area contributed by atoms with Crippen LogP contribution < -0.4 is 15.0 Å². The lowest BCUT2D eigenvalue weighted by molar-refractivity contribution is -0.125. The van der Waals surface area contributed by atoms with Crippen molar-refractivity contribution in [3.05, 3.63) is 23.8 Å². The van der Waals surface area contributed by atoms with Crippen molar-refractivity contribution in [1.29, 1.82) is 0 Å². The number of carbonyl (C=O) groups excluding carboxylic acids is 1. The molecular weight excluding hydrogens is 280 g/mol. The van der Waals surface area contributed by atoms with Gasteiger partial charge in [-0.15, -0.1) is 0 Å². The van der Waals surface area contributed by atoms with Gasteiger partial charge in [-0.1, -0.05) is 6.07 Å². The maximum absolute atomic E-state index is 12.2. The first kappa shape index (κ1) is 15.3. The minimum atomic E-state index is -0.486. The van der Waals surface area contributed by atoms with E-state index in [0.29, 0.717) is 6.54 Å². The summed E-state index contributed by atoms with van der Waals surface area (Å²) in [5.41, 5.74) is 1.64. The molecule has 22 heavy (non-hydrogen) atoms. The molecule has 2 atom stereocenters. The third-order valence-electron chi connectivity index (χ3n) is 4.68. The van der Waals surface area contributed by atoms with Gasteiger partial charge in [0.15, 0.2) is 6.10 Å². The van der Waals surface area contributed by atoms with Crippen molar-refractivity contribution in [3.63, 3.8) is 0 Å². The number of aliphatic hydroxyl groups is 1. The van der Waals surface area contributed by atoms with E-state index >= 15 is 0 Å². The molecule has 2 aliphatic heterocycles. The number of carbonyl (C=O) groups is 1. The molecule has 1 amide bonds. The average Bonchev–Trinajstić information content (AvgIpc) is 2.56. The normalized spacial score (nSPS) is 23.9. The van der Waals surface area contributed by atoms with Crippen LogP contribution in [0, 0.1) is 5.92 Å². The third kappa shape index (κ3) is 2.71. The Morgan fingerprint density at radius 3 is 2.82 bits per heavy atom. The molecule has 2 unspecified atom stereocenters. The number of rotatable bonds is 3. The highest BCUT2D eigenvalue weighted by Gasteiger charge is 2.32. The quantitative estimate of drug-likeness (QED) is 0.895. The van der Waals surface area contributed by atoms with Gasteiger partial charge in [0, 0.05) is 6.54 Å². The van der Waals surface area contributed by atoms with E-state index in [2.05, 4.69) is 5.32 Å². The first-order chi connectivity index (χ1) is 10.6. The van der Waals surface area contributed by atoms with Gasteiger partial charge in [-0.2, -0.15) is 0 Å². The van der Waals surface area contributed by atoms with Crippen LogP contribution in [0.25, 0.3) is 0 Å². The molecule has 3 rings (SSSR count). The molecule has 0 spiro atoms. The fraction of sp³-hybridized carbons (Fsp3) is 0.588. The molecular formula is C17H24N2O3. The van der Waals surface area contributed by atoms with Crippen LogP contribution in [0.2, 0.25) is 0 Å². The van der Waals surface area contributed by atoms with Crippen molar-refractivity contribution in [2.24, 2.45) is 5.92 Å². The predicted octanol–water partition coefficient (Wildman–Crippen LogP) is 1.85. The number of benzene rings is 1. The molecule has 1 aromatic rings. The largest absolute Gasteiger partial charge is 0.479 e. The zero-order chi connectivity index (χ0) is 15.7. The zero-order valence-corrected chi connectivity index (χ0v) is 13.2. The lowest BCUT2D eigenvalue weighted by Gasteiger charge is -2.33. The number of hydrogen-bond acceptors (Lipinski definition) is 4. The molecule has 2 heterocycles. The van der Waals surface area contributed by atoms with Crippen molar-refractivity contribution in [3.8, 4) is 5.75 Å². The molecule has 1 fully saturated rings.